The van der Waals surface area contributed by atoms with E-state index in [0.717, 1.165) is 35.6 Å². The van der Waals surface area contributed by atoms with Gasteiger partial charge in [0.15, 0.2) is 0 Å². The van der Waals surface area contributed by atoms with Crippen molar-refractivity contribution in [2.75, 3.05) is 6.54 Å². The highest BCUT2D eigenvalue weighted by Crippen LogP contribution is 2.29. The maximum Gasteiger partial charge on any atom is 0.239 e. The van der Waals surface area contributed by atoms with Gasteiger partial charge < -0.3 is 10.6 Å². The summed E-state index contributed by atoms with van der Waals surface area (Å²) < 4.78 is 0. The van der Waals surface area contributed by atoms with Crippen LogP contribution in [0.25, 0.3) is 10.8 Å². The summed E-state index contributed by atoms with van der Waals surface area (Å²) in [5.74, 6) is -0.288. The lowest BCUT2D eigenvalue weighted by Crippen LogP contribution is -2.40. The Kier molecular flexibility index (Phi) is 5.38. The second kappa shape index (κ2) is 8.26. The van der Waals surface area contributed by atoms with Gasteiger partial charge in [0.1, 0.15) is 0 Å². The van der Waals surface area contributed by atoms with Crippen molar-refractivity contribution in [1.82, 2.24) is 10.6 Å². The molecule has 4 heteroatoms. The highest BCUT2D eigenvalue weighted by atomic mass is 16.2. The average molecular weight is 372 g/mol. The first-order valence-corrected chi connectivity index (χ1v) is 9.81. The summed E-state index contributed by atoms with van der Waals surface area (Å²) in [7, 11) is 0. The topological polar surface area (TPSA) is 58.2 Å². The van der Waals surface area contributed by atoms with Gasteiger partial charge in [0, 0.05) is 0 Å². The maximum absolute atomic E-state index is 12.4. The van der Waals surface area contributed by atoms with Crippen LogP contribution in [-0.4, -0.2) is 18.4 Å². The van der Waals surface area contributed by atoms with E-state index in [2.05, 4.69) is 22.8 Å². The van der Waals surface area contributed by atoms with Gasteiger partial charge in [0.25, 0.3) is 0 Å². The Morgan fingerprint density at radius 2 is 1.68 bits per heavy atom. The first-order chi connectivity index (χ1) is 13.7. The minimum Gasteiger partial charge on any atom is -0.348 e. The fourth-order valence-corrected chi connectivity index (χ4v) is 4.01. The van der Waals surface area contributed by atoms with Crippen LogP contribution in [0.2, 0.25) is 0 Å². The molecule has 4 nitrogen and oxygen atoms in total. The van der Waals surface area contributed by atoms with Crippen LogP contribution < -0.4 is 10.6 Å². The number of nitrogens with one attached hydrogen (secondary N) is 2. The number of aryl methyl sites for hydroxylation is 1. The molecule has 2 N–H and O–H groups in total. The van der Waals surface area contributed by atoms with Gasteiger partial charge in [-0.2, -0.15) is 0 Å². The third-order valence-electron chi connectivity index (χ3n) is 5.38. The molecule has 0 saturated carbocycles. The Bertz CT molecular complexity index is 1010. The Balaban J connectivity index is 1.33. The van der Waals surface area contributed by atoms with Crippen LogP contribution >= 0.6 is 0 Å². The molecular weight excluding hydrogens is 348 g/mol. The van der Waals surface area contributed by atoms with Gasteiger partial charge in [-0.3, -0.25) is 9.59 Å². The molecule has 142 valence electrons. The highest BCUT2D eigenvalue weighted by Gasteiger charge is 2.21. The van der Waals surface area contributed by atoms with Gasteiger partial charge >= 0.3 is 0 Å². The third kappa shape index (κ3) is 4.06. The molecule has 0 radical (unpaired) electrons. The van der Waals surface area contributed by atoms with E-state index < -0.39 is 0 Å². The predicted molar refractivity (Wildman–Crippen MR) is 111 cm³/mol. The van der Waals surface area contributed by atoms with Crippen LogP contribution in [0.4, 0.5) is 0 Å². The summed E-state index contributed by atoms with van der Waals surface area (Å²) in [4.78, 5) is 24.7. The molecule has 0 aliphatic heterocycles. The number of carbonyl (C=O) groups excluding carboxylic acids is 2. The van der Waals surface area contributed by atoms with Crippen molar-refractivity contribution < 1.29 is 9.59 Å². The van der Waals surface area contributed by atoms with E-state index >= 15 is 0 Å². The molecule has 3 aromatic rings. The number of amides is 2. The van der Waals surface area contributed by atoms with Crippen molar-refractivity contribution >= 4 is 22.6 Å². The lowest BCUT2D eigenvalue weighted by atomic mass is 9.88. The molecule has 1 atom stereocenters. The summed E-state index contributed by atoms with van der Waals surface area (Å²) in [6.45, 7) is 0.00225. The monoisotopic (exact) mass is 372 g/mol. The molecule has 1 aliphatic carbocycles. The Labute approximate surface area is 165 Å². The molecule has 1 aliphatic rings. The molecular formula is C24H24N2O2. The summed E-state index contributed by atoms with van der Waals surface area (Å²) in [5.41, 5.74) is 3.47. The van der Waals surface area contributed by atoms with E-state index in [4.69, 9.17) is 0 Å². The smallest absolute Gasteiger partial charge is 0.239 e. The SMILES string of the molecule is O=C(Cc1cccc2ccccc12)NCC(=O)NC1CCCc2ccccc21. The number of fused-ring (bicyclic) bond motifs is 2. The molecule has 2 amide bonds. The average Bonchev–Trinajstić information content (AvgIpc) is 2.73. The lowest BCUT2D eigenvalue weighted by Gasteiger charge is -2.26. The fraction of sp³-hybridized carbons (Fsp3) is 0.250. The van der Waals surface area contributed by atoms with Crippen LogP contribution in [-0.2, 0) is 22.4 Å². The van der Waals surface area contributed by atoms with E-state index in [9.17, 15) is 9.59 Å². The van der Waals surface area contributed by atoms with Crippen molar-refractivity contribution in [3.63, 3.8) is 0 Å². The quantitative estimate of drug-likeness (QED) is 0.718. The van der Waals surface area contributed by atoms with Crippen molar-refractivity contribution in [2.24, 2.45) is 0 Å². The number of rotatable bonds is 5. The number of hydrogen-bond donors (Lipinski definition) is 2. The molecule has 4 rings (SSSR count). The van der Waals surface area contributed by atoms with Crippen molar-refractivity contribution in [3.05, 3.63) is 83.4 Å². The van der Waals surface area contributed by atoms with Gasteiger partial charge in [0.05, 0.1) is 19.0 Å². The zero-order valence-electron chi connectivity index (χ0n) is 15.8. The maximum atomic E-state index is 12.4. The van der Waals surface area contributed by atoms with Gasteiger partial charge in [-0.1, -0.05) is 66.7 Å². The molecule has 0 saturated heterocycles. The number of hydrogen-bond acceptors (Lipinski definition) is 2. The van der Waals surface area contributed by atoms with Crippen LogP contribution in [0.3, 0.4) is 0 Å². The third-order valence-corrected chi connectivity index (χ3v) is 5.38. The molecule has 0 fully saturated rings. The van der Waals surface area contributed by atoms with Crippen LogP contribution in [0.15, 0.2) is 66.7 Å². The number of benzene rings is 3. The zero-order valence-corrected chi connectivity index (χ0v) is 15.8. The largest absolute Gasteiger partial charge is 0.348 e. The molecule has 0 spiro atoms. The molecule has 3 aromatic carbocycles. The fourth-order valence-electron chi connectivity index (χ4n) is 4.01. The standard InChI is InChI=1S/C24H24N2O2/c27-23(15-19-11-5-9-17-7-1-3-12-20(17)19)25-16-24(28)26-22-14-6-10-18-8-2-4-13-21(18)22/h1-5,7-9,11-13,22H,6,10,14-16H2,(H,25,27)(H,26,28). The minimum absolute atomic E-state index is 0.00225. The molecule has 0 heterocycles. The summed E-state index contributed by atoms with van der Waals surface area (Å²) >= 11 is 0. The summed E-state index contributed by atoms with van der Waals surface area (Å²) in [6, 6.07) is 22.2. The first-order valence-electron chi connectivity index (χ1n) is 9.81. The van der Waals surface area contributed by atoms with Crippen molar-refractivity contribution in [1.29, 1.82) is 0 Å². The van der Waals surface area contributed by atoms with E-state index in [1.807, 2.05) is 54.6 Å². The van der Waals surface area contributed by atoms with Gasteiger partial charge in [-0.25, -0.2) is 0 Å². The van der Waals surface area contributed by atoms with Crippen LogP contribution in [0.5, 0.6) is 0 Å². The Morgan fingerprint density at radius 1 is 0.893 bits per heavy atom. The normalized spacial score (nSPS) is 15.6. The van der Waals surface area contributed by atoms with Gasteiger partial charge in [0.2, 0.25) is 11.8 Å². The predicted octanol–water partition coefficient (Wildman–Crippen LogP) is 3.69. The lowest BCUT2D eigenvalue weighted by molar-refractivity contribution is -0.126. The van der Waals surface area contributed by atoms with Crippen molar-refractivity contribution in [3.8, 4) is 0 Å². The first kappa shape index (κ1) is 18.2. The highest BCUT2D eigenvalue weighted by molar-refractivity contribution is 5.91. The zero-order chi connectivity index (χ0) is 19.3. The Morgan fingerprint density at radius 3 is 2.61 bits per heavy atom. The van der Waals surface area contributed by atoms with Gasteiger partial charge in [-0.15, -0.1) is 0 Å². The minimum atomic E-state index is -0.145. The second-order valence-corrected chi connectivity index (χ2v) is 7.30. The molecule has 0 aromatic heterocycles. The van der Waals surface area contributed by atoms with E-state index in [0.29, 0.717) is 0 Å². The molecule has 0 bridgehead atoms. The molecule has 1 unspecified atom stereocenters. The summed E-state index contributed by atoms with van der Waals surface area (Å²) in [5, 5.41) is 8.01. The molecule has 28 heavy (non-hydrogen) atoms. The van der Waals surface area contributed by atoms with Gasteiger partial charge in [-0.05, 0) is 46.7 Å². The van der Waals surface area contributed by atoms with Crippen LogP contribution in [0, 0.1) is 0 Å². The number of carbonyl (C=O) groups is 2. The summed E-state index contributed by atoms with van der Waals surface area (Å²) in [6.07, 6.45) is 3.33. The van der Waals surface area contributed by atoms with Crippen LogP contribution in [0.1, 0.15) is 35.6 Å². The van der Waals surface area contributed by atoms with Crippen molar-refractivity contribution in [2.45, 2.75) is 31.7 Å². The second-order valence-electron chi connectivity index (χ2n) is 7.30. The van der Waals surface area contributed by atoms with E-state index in [1.165, 1.54) is 11.1 Å². The van der Waals surface area contributed by atoms with E-state index in [1.54, 1.807) is 0 Å². The Hall–Kier alpha value is -3.14. The van der Waals surface area contributed by atoms with E-state index in [-0.39, 0.29) is 30.8 Å².